The van der Waals surface area contributed by atoms with Crippen LogP contribution in [0, 0.1) is 5.92 Å². The number of carboxylic acids is 1. The quantitative estimate of drug-likeness (QED) is 0.308. The Balaban J connectivity index is 1.95. The van der Waals surface area contributed by atoms with Gasteiger partial charge in [0.15, 0.2) is 0 Å². The number of carboxylic acid groups (broad SMARTS) is 1. The van der Waals surface area contributed by atoms with Gasteiger partial charge in [0.25, 0.3) is 0 Å². The van der Waals surface area contributed by atoms with Crippen molar-refractivity contribution in [3.8, 4) is 0 Å². The van der Waals surface area contributed by atoms with Crippen LogP contribution in [0.1, 0.15) is 19.3 Å². The van der Waals surface area contributed by atoms with Crippen LogP contribution in [0.25, 0.3) is 0 Å². The minimum atomic E-state index is -1.77. The largest absolute Gasteiger partial charge is 0.480 e. The Labute approximate surface area is 131 Å². The second-order valence-electron chi connectivity index (χ2n) is 6.03. The molecule has 2 fully saturated rings. The fraction of sp³-hybridized carbons (Fsp3) is 0.909. The van der Waals surface area contributed by atoms with Crippen molar-refractivity contribution < 1.29 is 28.3 Å². The van der Waals surface area contributed by atoms with E-state index in [4.69, 9.17) is 25.7 Å². The van der Waals surface area contributed by atoms with Crippen molar-refractivity contribution in [3.63, 3.8) is 0 Å². The van der Waals surface area contributed by atoms with E-state index in [1.807, 2.05) is 0 Å². The van der Waals surface area contributed by atoms with Crippen LogP contribution in [0.3, 0.4) is 0 Å². The molecule has 2 rings (SSSR count). The van der Waals surface area contributed by atoms with Crippen molar-refractivity contribution in [2.45, 2.75) is 43.3 Å². The van der Waals surface area contributed by atoms with Crippen molar-refractivity contribution in [3.05, 3.63) is 0 Å². The first kappa shape index (κ1) is 17.8. The van der Waals surface area contributed by atoms with Gasteiger partial charge < -0.3 is 26.6 Å². The standard InChI is InChI=1S/C11H22BN3O6S/c13-8-4-9(8)21-22(20)15-5-7(2-1-3-12(18)19)11(14,6-15)10(16)17/h7-9,18-19H,1-6,13-14H2,(H,16,17)/t7-,8?,9?,11-,22?/m0/s1. The van der Waals surface area contributed by atoms with Gasteiger partial charge in [0.05, 0.1) is 6.10 Å². The lowest BCUT2D eigenvalue weighted by atomic mass is 9.78. The van der Waals surface area contributed by atoms with Crippen molar-refractivity contribution in [2.24, 2.45) is 17.4 Å². The molecule has 1 aliphatic carbocycles. The van der Waals surface area contributed by atoms with E-state index < -0.39 is 35.8 Å². The Hall–Kier alpha value is -0.555. The average Bonchev–Trinajstić information content (AvgIpc) is 2.98. The summed E-state index contributed by atoms with van der Waals surface area (Å²) in [5, 5.41) is 27.1. The molecular formula is C11H22BN3O6S. The zero-order valence-corrected chi connectivity index (χ0v) is 12.9. The van der Waals surface area contributed by atoms with Gasteiger partial charge in [-0.05, 0) is 19.2 Å². The van der Waals surface area contributed by atoms with E-state index in [9.17, 15) is 14.1 Å². The lowest BCUT2D eigenvalue weighted by molar-refractivity contribution is -0.144. The van der Waals surface area contributed by atoms with Gasteiger partial charge >= 0.3 is 13.1 Å². The van der Waals surface area contributed by atoms with Crippen LogP contribution in [0.15, 0.2) is 0 Å². The highest BCUT2D eigenvalue weighted by molar-refractivity contribution is 7.77. The Morgan fingerprint density at radius 1 is 1.50 bits per heavy atom. The van der Waals surface area contributed by atoms with E-state index in [2.05, 4.69) is 0 Å². The molecular weight excluding hydrogens is 313 g/mol. The summed E-state index contributed by atoms with van der Waals surface area (Å²) >= 11 is -1.77. The molecule has 0 radical (unpaired) electrons. The lowest BCUT2D eigenvalue weighted by Crippen LogP contribution is -2.54. The molecule has 0 spiro atoms. The summed E-state index contributed by atoms with van der Waals surface area (Å²) in [4.78, 5) is 11.5. The maximum absolute atomic E-state index is 12.1. The topological polar surface area (TPSA) is 159 Å². The number of rotatable bonds is 8. The predicted octanol–water partition coefficient (Wildman–Crippen LogP) is -2.35. The van der Waals surface area contributed by atoms with E-state index >= 15 is 0 Å². The van der Waals surface area contributed by atoms with Gasteiger partial charge in [-0.3, -0.25) is 8.98 Å². The molecule has 1 heterocycles. The van der Waals surface area contributed by atoms with E-state index in [0.29, 0.717) is 19.3 Å². The second-order valence-corrected chi connectivity index (χ2v) is 7.17. The first-order valence-electron chi connectivity index (χ1n) is 7.22. The zero-order chi connectivity index (χ0) is 16.5. The van der Waals surface area contributed by atoms with Gasteiger partial charge in [0.1, 0.15) is 5.54 Å². The molecule has 0 aromatic heterocycles. The normalized spacial score (nSPS) is 36.3. The number of nitrogens with zero attached hydrogens (tertiary/aromatic N) is 1. The number of nitrogens with two attached hydrogens (primary N) is 2. The molecule has 0 amide bonds. The molecule has 22 heavy (non-hydrogen) atoms. The van der Waals surface area contributed by atoms with Crippen LogP contribution in [0.4, 0.5) is 0 Å². The highest BCUT2D eigenvalue weighted by Gasteiger charge is 2.51. The van der Waals surface area contributed by atoms with Crippen LogP contribution in [-0.4, -0.2) is 67.5 Å². The molecule has 7 N–H and O–H groups in total. The minimum Gasteiger partial charge on any atom is -0.480 e. The Kier molecular flexibility index (Phi) is 5.59. The SMILES string of the molecule is NC1CC1OS(=O)N1C[C@H](CCCB(O)O)[C@](N)(C(=O)O)C1. The zero-order valence-electron chi connectivity index (χ0n) is 12.1. The molecule has 2 aliphatic rings. The molecule has 0 bridgehead atoms. The lowest BCUT2D eigenvalue weighted by Gasteiger charge is -2.25. The molecule has 0 aromatic rings. The summed E-state index contributed by atoms with van der Waals surface area (Å²) < 4.78 is 18.8. The molecule has 5 atom stereocenters. The third-order valence-corrected chi connectivity index (χ3v) is 5.31. The van der Waals surface area contributed by atoms with E-state index in [-0.39, 0.29) is 31.6 Å². The summed E-state index contributed by atoms with van der Waals surface area (Å²) in [7, 11) is -1.43. The van der Waals surface area contributed by atoms with Gasteiger partial charge in [-0.25, -0.2) is 4.21 Å². The molecule has 1 aliphatic heterocycles. The number of hydrogen-bond donors (Lipinski definition) is 5. The van der Waals surface area contributed by atoms with Gasteiger partial charge in [-0.2, -0.15) is 4.31 Å². The molecule has 1 saturated carbocycles. The van der Waals surface area contributed by atoms with E-state index in [1.54, 1.807) is 0 Å². The van der Waals surface area contributed by atoms with Crippen LogP contribution in [-0.2, 0) is 20.2 Å². The molecule has 126 valence electrons. The number of hydrogen-bond acceptors (Lipinski definition) is 7. The molecule has 11 heteroatoms. The maximum atomic E-state index is 12.1. The van der Waals surface area contributed by atoms with Gasteiger partial charge in [0, 0.05) is 25.0 Å². The van der Waals surface area contributed by atoms with Gasteiger partial charge in [0.2, 0.25) is 11.3 Å². The van der Waals surface area contributed by atoms with E-state index in [1.165, 1.54) is 4.31 Å². The fourth-order valence-corrected chi connectivity index (χ4v) is 3.79. The molecule has 0 aromatic carbocycles. The predicted molar refractivity (Wildman–Crippen MR) is 79.5 cm³/mol. The summed E-state index contributed by atoms with van der Waals surface area (Å²) in [6.07, 6.45) is 1.36. The summed E-state index contributed by atoms with van der Waals surface area (Å²) in [6, 6.07) is -0.115. The second kappa shape index (κ2) is 6.91. The van der Waals surface area contributed by atoms with Crippen molar-refractivity contribution in [1.29, 1.82) is 0 Å². The fourth-order valence-electron chi connectivity index (χ4n) is 2.61. The van der Waals surface area contributed by atoms with Crippen LogP contribution >= 0.6 is 0 Å². The summed E-state index contributed by atoms with van der Waals surface area (Å²) in [5.74, 6) is -1.60. The first-order chi connectivity index (χ1) is 10.2. The monoisotopic (exact) mass is 335 g/mol. The highest BCUT2D eigenvalue weighted by atomic mass is 32.2. The Bertz CT molecular complexity index is 456. The van der Waals surface area contributed by atoms with Crippen molar-refractivity contribution >= 4 is 24.4 Å². The van der Waals surface area contributed by atoms with Crippen molar-refractivity contribution in [2.75, 3.05) is 13.1 Å². The van der Waals surface area contributed by atoms with E-state index in [0.717, 1.165) is 0 Å². The minimum absolute atomic E-state index is 0.0801. The average molecular weight is 335 g/mol. The van der Waals surface area contributed by atoms with Crippen molar-refractivity contribution in [1.82, 2.24) is 4.31 Å². The summed E-state index contributed by atoms with van der Waals surface area (Å²) in [5.41, 5.74) is 10.1. The first-order valence-corrected chi connectivity index (χ1v) is 8.25. The highest BCUT2D eigenvalue weighted by Crippen LogP contribution is 2.33. The number of carbonyl (C=O) groups is 1. The third kappa shape index (κ3) is 4.04. The van der Waals surface area contributed by atoms with Crippen LogP contribution in [0.5, 0.6) is 0 Å². The molecule has 1 saturated heterocycles. The third-order valence-electron chi connectivity index (χ3n) is 4.20. The Morgan fingerprint density at radius 2 is 2.14 bits per heavy atom. The Morgan fingerprint density at radius 3 is 2.64 bits per heavy atom. The van der Waals surface area contributed by atoms with Crippen LogP contribution < -0.4 is 11.5 Å². The van der Waals surface area contributed by atoms with Gasteiger partial charge in [-0.1, -0.05) is 6.42 Å². The maximum Gasteiger partial charge on any atom is 0.451 e. The number of aliphatic carboxylic acids is 1. The smallest absolute Gasteiger partial charge is 0.451 e. The summed E-state index contributed by atoms with van der Waals surface area (Å²) in [6.45, 7) is 0.141. The molecule has 9 nitrogen and oxygen atoms in total. The molecule has 3 unspecified atom stereocenters. The van der Waals surface area contributed by atoms with Gasteiger partial charge in [-0.15, -0.1) is 0 Å². The van der Waals surface area contributed by atoms with Crippen LogP contribution in [0.2, 0.25) is 6.32 Å².